The molecule has 0 bridgehead atoms. The Morgan fingerprint density at radius 2 is 2.13 bits per heavy atom. The van der Waals surface area contributed by atoms with E-state index < -0.39 is 12.1 Å². The third-order valence-corrected chi connectivity index (χ3v) is 2.62. The Balaban J connectivity index is 2.39. The van der Waals surface area contributed by atoms with E-state index in [0.717, 1.165) is 0 Å². The van der Waals surface area contributed by atoms with Crippen LogP contribution in [0.1, 0.15) is 30.4 Å². The Kier molecular flexibility index (Phi) is 2.41. The molecular formula is C8H11F3N4. The summed E-state index contributed by atoms with van der Waals surface area (Å²) in [5.74, 6) is -1.05. The minimum absolute atomic E-state index is 0.00852. The predicted molar refractivity (Wildman–Crippen MR) is 45.9 cm³/mol. The van der Waals surface area contributed by atoms with Gasteiger partial charge in [0, 0.05) is 6.54 Å². The van der Waals surface area contributed by atoms with Crippen molar-refractivity contribution in [1.82, 2.24) is 14.8 Å². The molecule has 2 rings (SSSR count). The van der Waals surface area contributed by atoms with Crippen LogP contribution in [0.2, 0.25) is 0 Å². The molecule has 0 fully saturated rings. The van der Waals surface area contributed by atoms with E-state index in [2.05, 4.69) is 10.2 Å². The number of rotatable bonds is 1. The van der Waals surface area contributed by atoms with Gasteiger partial charge in [0.05, 0.1) is 6.54 Å². The van der Waals surface area contributed by atoms with Crippen LogP contribution in [0, 0.1) is 0 Å². The van der Waals surface area contributed by atoms with Crippen LogP contribution in [-0.2, 0) is 13.1 Å². The first-order chi connectivity index (χ1) is 7.04. The van der Waals surface area contributed by atoms with Crippen molar-refractivity contribution in [3.63, 3.8) is 0 Å². The molecule has 0 amide bonds. The van der Waals surface area contributed by atoms with Crippen LogP contribution in [0.15, 0.2) is 0 Å². The molecule has 2 N–H and O–H groups in total. The molecule has 1 aromatic rings. The highest BCUT2D eigenvalue weighted by atomic mass is 19.4. The van der Waals surface area contributed by atoms with Gasteiger partial charge in [-0.25, -0.2) is 0 Å². The van der Waals surface area contributed by atoms with Crippen LogP contribution >= 0.6 is 0 Å². The third kappa shape index (κ3) is 1.71. The molecule has 1 atom stereocenters. The number of nitrogens with zero attached hydrogens (tertiary/aromatic N) is 3. The third-order valence-electron chi connectivity index (χ3n) is 2.62. The van der Waals surface area contributed by atoms with Gasteiger partial charge in [0.2, 0.25) is 0 Å². The summed E-state index contributed by atoms with van der Waals surface area (Å²) in [6.07, 6.45) is -3.66. The smallest absolute Gasteiger partial charge is 0.324 e. The highest BCUT2D eigenvalue weighted by Crippen LogP contribution is 2.39. The quantitative estimate of drug-likeness (QED) is 0.773. The van der Waals surface area contributed by atoms with Gasteiger partial charge in [0.25, 0.3) is 0 Å². The van der Waals surface area contributed by atoms with Gasteiger partial charge in [-0.1, -0.05) is 0 Å². The van der Waals surface area contributed by atoms with Crippen molar-refractivity contribution in [3.8, 4) is 0 Å². The van der Waals surface area contributed by atoms with Gasteiger partial charge in [0.15, 0.2) is 0 Å². The molecule has 0 radical (unpaired) electrons. The molecule has 7 heteroatoms. The second-order valence-electron chi connectivity index (χ2n) is 3.57. The molecule has 1 aliphatic heterocycles. The largest absolute Gasteiger partial charge is 0.398 e. The fourth-order valence-corrected chi connectivity index (χ4v) is 1.89. The Morgan fingerprint density at radius 1 is 1.40 bits per heavy atom. The minimum Gasteiger partial charge on any atom is -0.324 e. The Morgan fingerprint density at radius 3 is 2.73 bits per heavy atom. The summed E-state index contributed by atoms with van der Waals surface area (Å²) in [6.45, 7) is 0.652. The summed E-state index contributed by atoms with van der Waals surface area (Å²) in [5, 5.41) is 7.26. The van der Waals surface area contributed by atoms with E-state index >= 15 is 0 Å². The zero-order chi connectivity index (χ0) is 11.1. The van der Waals surface area contributed by atoms with Gasteiger partial charge in [0.1, 0.15) is 17.6 Å². The first-order valence-corrected chi connectivity index (χ1v) is 4.73. The molecule has 1 aliphatic rings. The van der Waals surface area contributed by atoms with Gasteiger partial charge < -0.3 is 10.3 Å². The number of fused-ring (bicyclic) bond motifs is 1. The second kappa shape index (κ2) is 3.48. The van der Waals surface area contributed by atoms with E-state index in [1.807, 2.05) is 0 Å². The van der Waals surface area contributed by atoms with Crippen LogP contribution in [-0.4, -0.2) is 20.9 Å². The molecule has 0 aromatic carbocycles. The zero-order valence-corrected chi connectivity index (χ0v) is 7.96. The van der Waals surface area contributed by atoms with E-state index in [4.69, 9.17) is 5.73 Å². The lowest BCUT2D eigenvalue weighted by Gasteiger charge is -2.25. The fraction of sp³-hybridized carbons (Fsp3) is 0.750. The molecule has 84 valence electrons. The number of hydrogen-bond acceptors (Lipinski definition) is 3. The predicted octanol–water partition coefficient (Wildman–Crippen LogP) is 1.18. The van der Waals surface area contributed by atoms with Gasteiger partial charge in [-0.05, 0) is 12.8 Å². The molecule has 15 heavy (non-hydrogen) atoms. The average molecular weight is 220 g/mol. The maximum atomic E-state index is 12.6. The molecule has 2 heterocycles. The number of halogens is 3. The minimum atomic E-state index is -4.24. The monoisotopic (exact) mass is 220 g/mol. The van der Waals surface area contributed by atoms with Crippen molar-refractivity contribution in [1.29, 1.82) is 0 Å². The standard InChI is InChI=1S/C8H11F3N4/c9-8(10,11)5-2-1-3-15-6(4-12)13-14-7(5)15/h5H,1-4,12H2. The maximum Gasteiger partial charge on any atom is 0.398 e. The Bertz CT molecular complexity index is 357. The molecule has 0 aliphatic carbocycles. The lowest BCUT2D eigenvalue weighted by molar-refractivity contribution is -0.156. The SMILES string of the molecule is NCc1nnc2n1CCCC2C(F)(F)F. The molecule has 0 spiro atoms. The van der Waals surface area contributed by atoms with Gasteiger partial charge >= 0.3 is 6.18 Å². The average Bonchev–Trinajstić information content (AvgIpc) is 2.58. The van der Waals surface area contributed by atoms with Crippen molar-refractivity contribution < 1.29 is 13.2 Å². The summed E-state index contributed by atoms with van der Waals surface area (Å²) in [5.41, 5.74) is 5.37. The van der Waals surface area contributed by atoms with Crippen molar-refractivity contribution in [2.24, 2.45) is 5.73 Å². The molecule has 1 aromatic heterocycles. The number of nitrogens with two attached hydrogens (primary N) is 1. The van der Waals surface area contributed by atoms with E-state index in [1.165, 1.54) is 4.57 Å². The summed E-state index contributed by atoms with van der Waals surface area (Å²) in [4.78, 5) is 0. The van der Waals surface area contributed by atoms with Crippen LogP contribution in [0.4, 0.5) is 13.2 Å². The van der Waals surface area contributed by atoms with Crippen LogP contribution in [0.25, 0.3) is 0 Å². The molecular weight excluding hydrogens is 209 g/mol. The van der Waals surface area contributed by atoms with Crippen LogP contribution in [0.5, 0.6) is 0 Å². The van der Waals surface area contributed by atoms with Gasteiger partial charge in [-0.15, -0.1) is 10.2 Å². The van der Waals surface area contributed by atoms with Crippen LogP contribution in [0.3, 0.4) is 0 Å². The Labute approximate surface area is 84.3 Å². The summed E-state index contributed by atoms with van der Waals surface area (Å²) < 4.78 is 39.4. The number of aromatic nitrogens is 3. The van der Waals surface area contributed by atoms with E-state index in [-0.39, 0.29) is 18.8 Å². The lowest BCUT2D eigenvalue weighted by Crippen LogP contribution is -2.29. The van der Waals surface area contributed by atoms with Crippen molar-refractivity contribution in [3.05, 3.63) is 11.6 Å². The summed E-state index contributed by atoms with van der Waals surface area (Å²) >= 11 is 0. The van der Waals surface area contributed by atoms with E-state index in [1.54, 1.807) is 0 Å². The highest BCUT2D eigenvalue weighted by molar-refractivity contribution is 5.07. The first kappa shape index (κ1) is 10.4. The van der Waals surface area contributed by atoms with Crippen molar-refractivity contribution >= 4 is 0 Å². The summed E-state index contributed by atoms with van der Waals surface area (Å²) in [7, 11) is 0. The first-order valence-electron chi connectivity index (χ1n) is 4.73. The van der Waals surface area contributed by atoms with E-state index in [9.17, 15) is 13.2 Å². The molecule has 0 saturated heterocycles. The van der Waals surface area contributed by atoms with Crippen LogP contribution < -0.4 is 5.73 Å². The topological polar surface area (TPSA) is 56.7 Å². The number of alkyl halides is 3. The normalized spacial score (nSPS) is 21.5. The fourth-order valence-electron chi connectivity index (χ4n) is 1.89. The Hall–Kier alpha value is -1.11. The molecule has 0 saturated carbocycles. The second-order valence-corrected chi connectivity index (χ2v) is 3.57. The highest BCUT2D eigenvalue weighted by Gasteiger charge is 2.45. The van der Waals surface area contributed by atoms with E-state index in [0.29, 0.717) is 18.8 Å². The molecule has 4 nitrogen and oxygen atoms in total. The lowest BCUT2D eigenvalue weighted by atomic mass is 9.98. The zero-order valence-electron chi connectivity index (χ0n) is 7.96. The van der Waals surface area contributed by atoms with Crippen molar-refractivity contribution in [2.75, 3.05) is 0 Å². The van der Waals surface area contributed by atoms with Gasteiger partial charge in [-0.2, -0.15) is 13.2 Å². The van der Waals surface area contributed by atoms with Gasteiger partial charge in [-0.3, -0.25) is 0 Å². The number of hydrogen-bond donors (Lipinski definition) is 1. The molecule has 1 unspecified atom stereocenters. The van der Waals surface area contributed by atoms with Crippen molar-refractivity contribution in [2.45, 2.75) is 38.0 Å². The maximum absolute atomic E-state index is 12.6. The summed E-state index contributed by atoms with van der Waals surface area (Å²) in [6, 6.07) is 0.